The highest BCUT2D eigenvalue weighted by Gasteiger charge is 2.24. The minimum absolute atomic E-state index is 0.170. The Kier molecular flexibility index (Phi) is 4.55. The minimum atomic E-state index is -0.437. The second-order valence-electron chi connectivity index (χ2n) is 12.9. The summed E-state index contributed by atoms with van der Waals surface area (Å²) in [5.41, 5.74) is 9.27. The fourth-order valence-corrected chi connectivity index (χ4v) is 8.08. The van der Waals surface area contributed by atoms with Gasteiger partial charge in [-0.15, -0.1) is 0 Å². The molecule has 0 saturated carbocycles. The van der Waals surface area contributed by atoms with Gasteiger partial charge >= 0.3 is 0 Å². The zero-order valence-electron chi connectivity index (χ0n) is 35.1. The average Bonchev–Trinajstić information content (AvgIpc) is 3.83. The summed E-state index contributed by atoms with van der Waals surface area (Å²) in [4.78, 5) is 5.07. The largest absolute Gasteiger partial charge is 0.292 e. The van der Waals surface area contributed by atoms with Crippen molar-refractivity contribution >= 4 is 43.4 Å². The molecule has 1 aromatic heterocycles. The van der Waals surface area contributed by atoms with E-state index in [0.29, 0.717) is 33.6 Å². The Hall–Kier alpha value is -6.77. The summed E-state index contributed by atoms with van der Waals surface area (Å²) in [5.74, 6) is 0.641. The van der Waals surface area contributed by atoms with Crippen LogP contribution in [0.4, 0.5) is 0 Å². The summed E-state index contributed by atoms with van der Waals surface area (Å²) in [6.07, 6.45) is 0. The second-order valence-corrected chi connectivity index (χ2v) is 12.9. The van der Waals surface area contributed by atoms with E-state index in [9.17, 15) is 5.48 Å². The molecule has 0 amide bonds. The Morgan fingerprint density at radius 1 is 0.431 bits per heavy atom. The quantitative estimate of drug-likeness (QED) is 0.173. The molecule has 51 heavy (non-hydrogen) atoms. The molecule has 10 aromatic rings. The van der Waals surface area contributed by atoms with Crippen LogP contribution in [0.15, 0.2) is 182 Å². The minimum Gasteiger partial charge on any atom is -0.292 e. The highest BCUT2D eigenvalue weighted by molar-refractivity contribution is 6.26. The van der Waals surface area contributed by atoms with Gasteiger partial charge in [0.05, 0.1) is 22.0 Å². The lowest BCUT2D eigenvalue weighted by Gasteiger charge is -2.19. The first-order valence-electron chi connectivity index (χ1n) is 20.9. The molecule has 2 heteroatoms. The fourth-order valence-electron chi connectivity index (χ4n) is 8.08. The zero-order chi connectivity index (χ0) is 40.4. The summed E-state index contributed by atoms with van der Waals surface area (Å²) in [6.45, 7) is 0. The highest BCUT2D eigenvalue weighted by Crippen LogP contribution is 2.51. The van der Waals surface area contributed by atoms with E-state index in [1.54, 1.807) is 0 Å². The van der Waals surface area contributed by atoms with Crippen molar-refractivity contribution in [2.24, 2.45) is 0 Å². The van der Waals surface area contributed by atoms with Crippen molar-refractivity contribution in [3.05, 3.63) is 182 Å². The normalized spacial score (nSPS) is 14.1. The van der Waals surface area contributed by atoms with Crippen LogP contribution in [0.25, 0.3) is 105 Å². The number of benzene rings is 9. The number of aromatic nitrogens is 2. The molecule has 0 unspecified atom stereocenters. The van der Waals surface area contributed by atoms with Gasteiger partial charge in [0.2, 0.25) is 0 Å². The van der Waals surface area contributed by atoms with Gasteiger partial charge in [0.15, 0.2) is 0 Å². The van der Waals surface area contributed by atoms with Crippen LogP contribution in [0.3, 0.4) is 0 Å². The van der Waals surface area contributed by atoms with E-state index < -0.39 is 24.2 Å². The summed E-state index contributed by atoms with van der Waals surface area (Å²) in [7, 11) is 0. The number of rotatable bonds is 4. The van der Waals surface area contributed by atoms with E-state index >= 15 is 0 Å². The van der Waals surface area contributed by atoms with Crippen LogP contribution in [-0.2, 0) is 0 Å². The summed E-state index contributed by atoms with van der Waals surface area (Å²) in [6, 6.07) is 40.5. The Morgan fingerprint density at radius 2 is 1.00 bits per heavy atom. The lowest BCUT2D eigenvalue weighted by Crippen LogP contribution is -1.97. The monoisotopic (exact) mass is 654 g/mol. The van der Waals surface area contributed by atoms with Gasteiger partial charge in [-0.25, -0.2) is 4.98 Å². The molecule has 9 aromatic carbocycles. The lowest BCUT2D eigenvalue weighted by molar-refractivity contribution is 1.10. The molecule has 0 saturated heterocycles. The number of fused-ring (bicyclic) bond motifs is 6. The molecule has 1 aliphatic rings. The molecule has 2 nitrogen and oxygen atoms in total. The first-order valence-corrected chi connectivity index (χ1v) is 16.9. The van der Waals surface area contributed by atoms with Crippen molar-refractivity contribution in [3.8, 4) is 61.6 Å². The van der Waals surface area contributed by atoms with Gasteiger partial charge in [-0.3, -0.25) is 4.57 Å². The molecule has 0 spiro atoms. The number of para-hydroxylation sites is 3. The standard InChI is InChI=1S/C49H30N2/c1-2-16-33(17-3-1)51-45-27-11-10-26-44(45)50-49(51)32-15-12-14-31(30-32)46-37-20-6-8-22-39(37)48(40-23-9-7-21-38(40)46)43-29-28-42-35-19-5-4-18-34(35)36-24-13-25-41(43)47(36)42/h1-30H/i6D,7D,8D,9D,20D,21D,22D,23D. The van der Waals surface area contributed by atoms with Crippen LogP contribution in [-0.4, -0.2) is 9.55 Å². The van der Waals surface area contributed by atoms with Crippen molar-refractivity contribution in [1.82, 2.24) is 9.55 Å². The molecule has 1 aliphatic carbocycles. The van der Waals surface area contributed by atoms with Crippen LogP contribution in [0.1, 0.15) is 11.0 Å². The molecule has 0 bridgehead atoms. The molecule has 0 fully saturated rings. The zero-order valence-corrected chi connectivity index (χ0v) is 27.1. The first-order chi connectivity index (χ1) is 28.7. The van der Waals surface area contributed by atoms with Crippen molar-refractivity contribution in [1.29, 1.82) is 0 Å². The molecule has 1 heterocycles. The van der Waals surface area contributed by atoms with Gasteiger partial charge in [-0.05, 0) is 107 Å². The van der Waals surface area contributed by atoms with E-state index in [4.69, 9.17) is 10.5 Å². The number of nitrogens with zero attached hydrogens (tertiary/aromatic N) is 2. The third-order valence-electron chi connectivity index (χ3n) is 10.2. The summed E-state index contributed by atoms with van der Waals surface area (Å²) >= 11 is 0. The Bertz CT molecular complexity index is 3370. The second kappa shape index (κ2) is 10.9. The smallest absolute Gasteiger partial charge is 0.145 e. The Balaban J connectivity index is 1.30. The van der Waals surface area contributed by atoms with E-state index in [1.165, 1.54) is 0 Å². The Labute approximate surface area is 306 Å². The highest BCUT2D eigenvalue weighted by atomic mass is 15.1. The van der Waals surface area contributed by atoms with Gasteiger partial charge in [-0.1, -0.05) is 151 Å². The van der Waals surface area contributed by atoms with Crippen LogP contribution < -0.4 is 0 Å². The number of hydrogen-bond donors (Lipinski definition) is 0. The number of hydrogen-bond acceptors (Lipinski definition) is 1. The fraction of sp³-hybridized carbons (Fsp3) is 0. The summed E-state index contributed by atoms with van der Waals surface area (Å²) < 4.78 is 76.1. The number of imidazole rings is 1. The molecule has 0 atom stereocenters. The Morgan fingerprint density at radius 3 is 1.75 bits per heavy atom. The van der Waals surface area contributed by atoms with E-state index in [0.717, 1.165) is 49.7 Å². The average molecular weight is 655 g/mol. The van der Waals surface area contributed by atoms with Crippen LogP contribution in [0.5, 0.6) is 0 Å². The maximum atomic E-state index is 9.55. The molecular weight excluding hydrogens is 617 g/mol. The van der Waals surface area contributed by atoms with Crippen molar-refractivity contribution in [2.45, 2.75) is 0 Å². The van der Waals surface area contributed by atoms with E-state index in [2.05, 4.69) is 22.8 Å². The predicted molar refractivity (Wildman–Crippen MR) is 214 cm³/mol. The lowest BCUT2D eigenvalue weighted by atomic mass is 9.84. The van der Waals surface area contributed by atoms with Gasteiger partial charge in [-0.2, -0.15) is 0 Å². The molecular formula is C49H30N2. The van der Waals surface area contributed by atoms with Crippen molar-refractivity contribution in [3.63, 3.8) is 0 Å². The van der Waals surface area contributed by atoms with Crippen molar-refractivity contribution < 1.29 is 11.0 Å². The van der Waals surface area contributed by atoms with E-state index in [-0.39, 0.29) is 45.7 Å². The molecule has 0 N–H and O–H groups in total. The van der Waals surface area contributed by atoms with E-state index in [1.807, 2.05) is 115 Å². The van der Waals surface area contributed by atoms with Crippen LogP contribution >= 0.6 is 0 Å². The maximum absolute atomic E-state index is 9.55. The molecule has 11 rings (SSSR count). The van der Waals surface area contributed by atoms with Gasteiger partial charge in [0.25, 0.3) is 0 Å². The molecule has 0 radical (unpaired) electrons. The van der Waals surface area contributed by atoms with Crippen LogP contribution in [0, 0.1) is 0 Å². The van der Waals surface area contributed by atoms with Crippen LogP contribution in [0.2, 0.25) is 0 Å². The SMILES string of the molecule is [2H]c1c([2H])c([2H])c2c(-c3ccc4c5c(cccc35)-c3ccccc3-4)c3c([2H])c([2H])c([2H])c([2H])c3c(-c3cccc(-c4nc5ccccc5n4-c4ccccc4)c3)c2c1[2H]. The third-order valence-corrected chi connectivity index (χ3v) is 10.2. The summed E-state index contributed by atoms with van der Waals surface area (Å²) in [5, 5.41) is 2.50. The molecule has 236 valence electrons. The first kappa shape index (κ1) is 21.3. The van der Waals surface area contributed by atoms with Gasteiger partial charge in [0.1, 0.15) is 5.82 Å². The van der Waals surface area contributed by atoms with Crippen molar-refractivity contribution in [2.75, 3.05) is 0 Å². The molecule has 0 aliphatic heterocycles. The predicted octanol–water partition coefficient (Wildman–Crippen LogP) is 13.1. The third kappa shape index (κ3) is 4.08. The topological polar surface area (TPSA) is 17.8 Å². The maximum Gasteiger partial charge on any atom is 0.145 e. The van der Waals surface area contributed by atoms with Gasteiger partial charge in [0, 0.05) is 11.3 Å². The van der Waals surface area contributed by atoms with Gasteiger partial charge < -0.3 is 0 Å².